The number of sulfonamides is 1. The van der Waals surface area contributed by atoms with Crippen LogP contribution in [-0.4, -0.2) is 41.9 Å². The molecule has 2 aromatic heterocycles. The van der Waals surface area contributed by atoms with Gasteiger partial charge in [0.25, 0.3) is 10.0 Å². The Kier molecular flexibility index (Phi) is 6.15. The lowest BCUT2D eigenvalue weighted by Crippen LogP contribution is -2.31. The molecule has 164 valence electrons. The summed E-state index contributed by atoms with van der Waals surface area (Å²) in [4.78, 5) is 19.2. The zero-order chi connectivity index (χ0) is 22.0. The van der Waals surface area contributed by atoms with E-state index in [1.807, 2.05) is 42.3 Å². The molecule has 1 aliphatic rings. The second-order valence-electron chi connectivity index (χ2n) is 7.73. The number of carbonyl (C=O) groups is 1. The van der Waals surface area contributed by atoms with Crippen LogP contribution < -0.4 is 4.72 Å². The van der Waals surface area contributed by atoms with Gasteiger partial charge in [-0.15, -0.1) is 11.3 Å². The number of hydrogen-bond donors (Lipinski definition) is 1. The number of hydrogen-bond acceptors (Lipinski definition) is 5. The maximum Gasteiger partial charge on any atom is 0.263 e. The van der Waals surface area contributed by atoms with Crippen molar-refractivity contribution in [1.29, 1.82) is 0 Å². The molecule has 3 heterocycles. The summed E-state index contributed by atoms with van der Waals surface area (Å²) >= 11 is 1.44. The summed E-state index contributed by atoms with van der Waals surface area (Å²) in [5, 5.41) is 2.61. The Morgan fingerprint density at radius 3 is 2.68 bits per heavy atom. The van der Waals surface area contributed by atoms with Crippen LogP contribution in [0.15, 0.2) is 46.8 Å². The Morgan fingerprint density at radius 1 is 1.23 bits per heavy atom. The molecular formula is C22H26N4O3S2. The van der Waals surface area contributed by atoms with Gasteiger partial charge in [-0.1, -0.05) is 19.1 Å². The number of anilines is 1. The van der Waals surface area contributed by atoms with Crippen LogP contribution in [0.4, 0.5) is 5.69 Å². The number of amides is 1. The average molecular weight is 459 g/mol. The summed E-state index contributed by atoms with van der Waals surface area (Å²) in [5.41, 5.74) is 3.06. The highest BCUT2D eigenvalue weighted by atomic mass is 32.2. The predicted molar refractivity (Wildman–Crippen MR) is 123 cm³/mol. The van der Waals surface area contributed by atoms with Crippen LogP contribution in [0.2, 0.25) is 0 Å². The number of rotatable bonds is 7. The van der Waals surface area contributed by atoms with E-state index >= 15 is 0 Å². The molecule has 0 spiro atoms. The molecule has 0 unspecified atom stereocenters. The largest absolute Gasteiger partial charge is 0.341 e. The van der Waals surface area contributed by atoms with Gasteiger partial charge in [-0.05, 0) is 49.9 Å². The molecular weight excluding hydrogens is 432 g/mol. The van der Waals surface area contributed by atoms with Gasteiger partial charge in [-0.2, -0.15) is 0 Å². The van der Waals surface area contributed by atoms with Gasteiger partial charge in [-0.25, -0.2) is 13.4 Å². The normalized spacial score (nSPS) is 14.2. The molecule has 9 heteroatoms. The number of thiazole rings is 1. The number of likely N-dealkylation sites (tertiary alicyclic amines) is 1. The fourth-order valence-electron chi connectivity index (χ4n) is 3.69. The minimum absolute atomic E-state index is 0.00446. The van der Waals surface area contributed by atoms with Gasteiger partial charge in [0.15, 0.2) is 0 Å². The van der Waals surface area contributed by atoms with Crippen LogP contribution in [0.3, 0.4) is 0 Å². The Balaban J connectivity index is 1.67. The highest BCUT2D eigenvalue weighted by Gasteiger charge is 2.24. The van der Waals surface area contributed by atoms with Gasteiger partial charge >= 0.3 is 0 Å². The SMILES string of the molecule is CCc1cccc(NS(=O)(=O)c2cc(-c3nc(C)cs3)n(CC(=O)N3CCCC3)c2)c1. The van der Waals surface area contributed by atoms with E-state index in [0.29, 0.717) is 16.4 Å². The van der Waals surface area contributed by atoms with Crippen molar-refractivity contribution in [2.24, 2.45) is 0 Å². The Labute approximate surface area is 186 Å². The minimum atomic E-state index is -3.81. The molecule has 0 saturated carbocycles. The molecule has 0 radical (unpaired) electrons. The molecule has 3 aromatic rings. The van der Waals surface area contributed by atoms with Gasteiger partial charge in [0.1, 0.15) is 16.4 Å². The quantitative estimate of drug-likeness (QED) is 0.582. The third kappa shape index (κ3) is 4.83. The van der Waals surface area contributed by atoms with E-state index in [-0.39, 0.29) is 17.3 Å². The van der Waals surface area contributed by atoms with Gasteiger partial charge in [0, 0.05) is 36.0 Å². The van der Waals surface area contributed by atoms with Crippen molar-refractivity contribution in [2.75, 3.05) is 17.8 Å². The second kappa shape index (κ2) is 8.84. The summed E-state index contributed by atoms with van der Waals surface area (Å²) in [6.07, 6.45) is 4.37. The maximum atomic E-state index is 13.1. The number of carbonyl (C=O) groups excluding carboxylic acids is 1. The topological polar surface area (TPSA) is 84.3 Å². The van der Waals surface area contributed by atoms with Gasteiger partial charge < -0.3 is 9.47 Å². The summed E-state index contributed by atoms with van der Waals surface area (Å²) in [7, 11) is -3.81. The van der Waals surface area contributed by atoms with Crippen LogP contribution >= 0.6 is 11.3 Å². The molecule has 1 amide bonds. The van der Waals surface area contributed by atoms with E-state index in [1.54, 1.807) is 16.7 Å². The first-order valence-corrected chi connectivity index (χ1v) is 12.7. The predicted octanol–water partition coefficient (Wildman–Crippen LogP) is 3.91. The molecule has 0 aliphatic carbocycles. The lowest BCUT2D eigenvalue weighted by molar-refractivity contribution is -0.130. The van der Waals surface area contributed by atoms with Gasteiger partial charge in [0.05, 0.1) is 5.69 Å². The zero-order valence-electron chi connectivity index (χ0n) is 17.7. The van der Waals surface area contributed by atoms with E-state index < -0.39 is 10.0 Å². The van der Waals surface area contributed by atoms with Gasteiger partial charge in [-0.3, -0.25) is 9.52 Å². The molecule has 0 atom stereocenters. The average Bonchev–Trinajstić information content (AvgIpc) is 3.48. The third-order valence-corrected chi connectivity index (χ3v) is 7.70. The molecule has 1 aromatic carbocycles. The highest BCUT2D eigenvalue weighted by Crippen LogP contribution is 2.29. The van der Waals surface area contributed by atoms with E-state index in [1.165, 1.54) is 17.5 Å². The summed E-state index contributed by atoms with van der Waals surface area (Å²) < 4.78 is 30.6. The maximum absolute atomic E-state index is 13.1. The zero-order valence-corrected chi connectivity index (χ0v) is 19.3. The summed E-state index contributed by atoms with van der Waals surface area (Å²) in [5.74, 6) is -0.00446. The molecule has 0 bridgehead atoms. The molecule has 1 N–H and O–H groups in total. The molecule has 7 nitrogen and oxygen atoms in total. The highest BCUT2D eigenvalue weighted by molar-refractivity contribution is 7.92. The molecule has 1 aliphatic heterocycles. The summed E-state index contributed by atoms with van der Waals surface area (Å²) in [6, 6.07) is 8.95. The van der Waals surface area contributed by atoms with Gasteiger partial charge in [0.2, 0.25) is 5.91 Å². The van der Waals surface area contributed by atoms with Crippen molar-refractivity contribution < 1.29 is 13.2 Å². The lowest BCUT2D eigenvalue weighted by Gasteiger charge is -2.16. The van der Waals surface area contributed by atoms with E-state index in [9.17, 15) is 13.2 Å². The monoisotopic (exact) mass is 458 g/mol. The first kappa shape index (κ1) is 21.6. The van der Waals surface area contributed by atoms with E-state index in [4.69, 9.17) is 0 Å². The lowest BCUT2D eigenvalue weighted by atomic mass is 10.1. The Bertz CT molecular complexity index is 1190. The standard InChI is InChI=1S/C22H26N4O3S2/c1-3-17-7-6-8-18(11-17)24-31(28,29)19-12-20(22-23-16(2)15-30-22)26(13-19)14-21(27)25-9-4-5-10-25/h6-8,11-13,15,24H,3-5,9-10,14H2,1-2H3. The summed E-state index contributed by atoms with van der Waals surface area (Å²) in [6.45, 7) is 5.52. The number of nitrogens with zero attached hydrogens (tertiary/aromatic N) is 3. The first-order chi connectivity index (χ1) is 14.9. The van der Waals surface area contributed by atoms with Crippen molar-refractivity contribution in [1.82, 2.24) is 14.5 Å². The molecule has 1 saturated heterocycles. The number of aryl methyl sites for hydroxylation is 2. The van der Waals surface area contributed by atoms with Crippen LogP contribution in [0.5, 0.6) is 0 Å². The number of benzene rings is 1. The van der Waals surface area contributed by atoms with E-state index in [0.717, 1.165) is 43.6 Å². The second-order valence-corrected chi connectivity index (χ2v) is 10.3. The Morgan fingerprint density at radius 2 is 2.00 bits per heavy atom. The first-order valence-electron chi connectivity index (χ1n) is 10.4. The fraction of sp³-hybridized carbons (Fsp3) is 0.364. The van der Waals surface area contributed by atoms with Crippen molar-refractivity contribution >= 4 is 33.0 Å². The number of nitrogens with one attached hydrogen (secondary N) is 1. The Hall–Kier alpha value is -2.65. The molecule has 1 fully saturated rings. The van der Waals surface area contributed by atoms with Crippen LogP contribution in [0.25, 0.3) is 10.7 Å². The molecule has 31 heavy (non-hydrogen) atoms. The fourth-order valence-corrected chi connectivity index (χ4v) is 5.61. The van der Waals surface area contributed by atoms with Crippen LogP contribution in [0.1, 0.15) is 31.0 Å². The van der Waals surface area contributed by atoms with Crippen LogP contribution in [-0.2, 0) is 27.8 Å². The van der Waals surface area contributed by atoms with Crippen LogP contribution in [0, 0.1) is 6.92 Å². The van der Waals surface area contributed by atoms with Crippen molar-refractivity contribution in [3.63, 3.8) is 0 Å². The van der Waals surface area contributed by atoms with Crippen molar-refractivity contribution in [3.05, 3.63) is 53.2 Å². The third-order valence-electron chi connectivity index (χ3n) is 5.37. The molecule has 4 rings (SSSR count). The van der Waals surface area contributed by atoms with Crippen molar-refractivity contribution in [2.45, 2.75) is 44.6 Å². The van der Waals surface area contributed by atoms with Crippen molar-refractivity contribution in [3.8, 4) is 10.7 Å². The van der Waals surface area contributed by atoms with E-state index in [2.05, 4.69) is 9.71 Å². The smallest absolute Gasteiger partial charge is 0.263 e. The number of aromatic nitrogens is 2. The minimum Gasteiger partial charge on any atom is -0.341 e.